The molecule has 0 saturated carbocycles. The molecule has 0 aromatic heterocycles. The molecule has 31 heavy (non-hydrogen) atoms. The Morgan fingerprint density at radius 2 is 1.65 bits per heavy atom. The van der Waals surface area contributed by atoms with E-state index in [2.05, 4.69) is 11.9 Å². The van der Waals surface area contributed by atoms with E-state index in [4.69, 9.17) is 4.74 Å². The number of rotatable bonds is 6. The lowest BCUT2D eigenvalue weighted by Gasteiger charge is -2.33. The third-order valence-electron chi connectivity index (χ3n) is 4.92. The SMILES string of the molecule is C=CC(=O)Nc1ccc(S(=O)(=O)N2CCN(C(=O)OCc3ccc(C)cc3)CC2)cc1. The number of benzene rings is 2. The van der Waals surface area contributed by atoms with Crippen molar-refractivity contribution >= 4 is 27.7 Å². The van der Waals surface area contributed by atoms with Gasteiger partial charge in [0, 0.05) is 31.9 Å². The summed E-state index contributed by atoms with van der Waals surface area (Å²) in [5.74, 6) is -0.374. The summed E-state index contributed by atoms with van der Waals surface area (Å²) in [6, 6.07) is 13.6. The standard InChI is InChI=1S/C22H25N3O5S/c1-3-21(26)23-19-8-10-20(11-9-19)31(28,29)25-14-12-24(13-15-25)22(27)30-16-18-6-4-17(2)5-7-18/h3-11H,1,12-16H2,2H3,(H,23,26). The number of sulfonamides is 1. The number of carbonyl (C=O) groups is 2. The molecule has 2 aromatic carbocycles. The summed E-state index contributed by atoms with van der Waals surface area (Å²) in [6.45, 7) is 6.38. The lowest BCUT2D eigenvalue weighted by Crippen LogP contribution is -2.50. The lowest BCUT2D eigenvalue weighted by molar-refractivity contribution is -0.111. The first-order chi connectivity index (χ1) is 14.8. The zero-order chi connectivity index (χ0) is 22.4. The molecule has 1 saturated heterocycles. The Morgan fingerprint density at radius 1 is 1.03 bits per heavy atom. The van der Waals surface area contributed by atoms with Gasteiger partial charge in [-0.1, -0.05) is 36.4 Å². The van der Waals surface area contributed by atoms with E-state index < -0.39 is 16.1 Å². The highest BCUT2D eigenvalue weighted by Gasteiger charge is 2.30. The minimum absolute atomic E-state index is 0.125. The first-order valence-electron chi connectivity index (χ1n) is 9.80. The maximum atomic E-state index is 12.9. The minimum Gasteiger partial charge on any atom is -0.445 e. The second kappa shape index (κ2) is 9.76. The van der Waals surface area contributed by atoms with Crippen molar-refractivity contribution in [2.75, 3.05) is 31.5 Å². The number of ether oxygens (including phenoxy) is 1. The maximum Gasteiger partial charge on any atom is 0.410 e. The Balaban J connectivity index is 1.54. The number of carbonyl (C=O) groups excluding carboxylic acids is 2. The predicted octanol–water partition coefficient (Wildman–Crippen LogP) is 2.76. The van der Waals surface area contributed by atoms with E-state index in [1.54, 1.807) is 0 Å². The number of piperazine rings is 1. The predicted molar refractivity (Wildman–Crippen MR) is 117 cm³/mol. The third kappa shape index (κ3) is 5.71. The molecule has 164 valence electrons. The van der Waals surface area contributed by atoms with Crippen molar-refractivity contribution in [2.24, 2.45) is 0 Å². The van der Waals surface area contributed by atoms with Gasteiger partial charge in [-0.2, -0.15) is 4.31 Å². The van der Waals surface area contributed by atoms with Gasteiger partial charge in [-0.05, 0) is 42.8 Å². The van der Waals surface area contributed by atoms with Gasteiger partial charge in [0.2, 0.25) is 15.9 Å². The lowest BCUT2D eigenvalue weighted by atomic mass is 10.2. The number of nitrogens with zero attached hydrogens (tertiary/aromatic N) is 2. The molecule has 1 fully saturated rings. The van der Waals surface area contributed by atoms with Crippen molar-refractivity contribution in [3.8, 4) is 0 Å². The first kappa shape index (κ1) is 22.5. The molecule has 0 radical (unpaired) electrons. The van der Waals surface area contributed by atoms with Gasteiger partial charge < -0.3 is 15.0 Å². The monoisotopic (exact) mass is 443 g/mol. The fraction of sp³-hybridized carbons (Fsp3) is 0.273. The van der Waals surface area contributed by atoms with Crippen molar-refractivity contribution in [3.05, 3.63) is 72.3 Å². The Bertz CT molecular complexity index is 1040. The van der Waals surface area contributed by atoms with E-state index in [1.807, 2.05) is 31.2 Å². The van der Waals surface area contributed by atoms with Gasteiger partial charge in [-0.3, -0.25) is 4.79 Å². The van der Waals surface area contributed by atoms with Gasteiger partial charge in [0.05, 0.1) is 4.90 Å². The molecule has 0 unspecified atom stereocenters. The molecule has 3 rings (SSSR count). The van der Waals surface area contributed by atoms with Crippen molar-refractivity contribution in [1.82, 2.24) is 9.21 Å². The van der Waals surface area contributed by atoms with E-state index in [0.717, 1.165) is 17.2 Å². The first-order valence-corrected chi connectivity index (χ1v) is 11.2. The molecule has 0 spiro atoms. The third-order valence-corrected chi connectivity index (χ3v) is 6.84. The average molecular weight is 444 g/mol. The number of hydrogen-bond donors (Lipinski definition) is 1. The van der Waals surface area contributed by atoms with Gasteiger partial charge in [-0.15, -0.1) is 0 Å². The summed E-state index contributed by atoms with van der Waals surface area (Å²) in [7, 11) is -3.70. The number of hydrogen-bond acceptors (Lipinski definition) is 5. The van der Waals surface area contributed by atoms with Crippen LogP contribution in [-0.2, 0) is 26.2 Å². The van der Waals surface area contributed by atoms with E-state index in [1.165, 1.54) is 33.5 Å². The smallest absolute Gasteiger partial charge is 0.410 e. The Kier molecular flexibility index (Phi) is 7.09. The zero-order valence-electron chi connectivity index (χ0n) is 17.3. The van der Waals surface area contributed by atoms with Gasteiger partial charge in [-0.25, -0.2) is 13.2 Å². The summed E-state index contributed by atoms with van der Waals surface area (Å²) in [4.78, 5) is 25.3. The van der Waals surface area contributed by atoms with Crippen LogP contribution in [0.4, 0.5) is 10.5 Å². The van der Waals surface area contributed by atoms with Crippen molar-refractivity contribution in [1.29, 1.82) is 0 Å². The van der Waals surface area contributed by atoms with Crippen LogP contribution in [0.15, 0.2) is 66.1 Å². The second-order valence-corrected chi connectivity index (χ2v) is 9.09. The molecule has 0 aliphatic carbocycles. The molecule has 1 aliphatic rings. The van der Waals surface area contributed by atoms with Gasteiger partial charge >= 0.3 is 6.09 Å². The van der Waals surface area contributed by atoms with E-state index >= 15 is 0 Å². The van der Waals surface area contributed by atoms with Crippen LogP contribution < -0.4 is 5.32 Å². The van der Waals surface area contributed by atoms with Gasteiger partial charge in [0.15, 0.2) is 0 Å². The van der Waals surface area contributed by atoms with Gasteiger partial charge in [0.25, 0.3) is 0 Å². The van der Waals surface area contributed by atoms with Crippen LogP contribution >= 0.6 is 0 Å². The molecule has 2 amide bonds. The zero-order valence-corrected chi connectivity index (χ0v) is 18.1. The number of anilines is 1. The maximum absolute atomic E-state index is 12.9. The number of amides is 2. The average Bonchev–Trinajstić information content (AvgIpc) is 2.79. The van der Waals surface area contributed by atoms with E-state index in [0.29, 0.717) is 5.69 Å². The highest BCUT2D eigenvalue weighted by molar-refractivity contribution is 7.89. The summed E-state index contributed by atoms with van der Waals surface area (Å²) < 4.78 is 32.4. The highest BCUT2D eigenvalue weighted by Crippen LogP contribution is 2.20. The van der Waals surface area contributed by atoms with Crippen molar-refractivity contribution in [3.63, 3.8) is 0 Å². The summed E-state index contributed by atoms with van der Waals surface area (Å²) in [6.07, 6.45) is 0.676. The fourth-order valence-corrected chi connectivity index (χ4v) is 4.51. The van der Waals surface area contributed by atoms with Crippen molar-refractivity contribution < 1.29 is 22.7 Å². The van der Waals surface area contributed by atoms with Crippen LogP contribution in [0.2, 0.25) is 0 Å². The van der Waals surface area contributed by atoms with Crippen LogP contribution in [0.3, 0.4) is 0 Å². The quantitative estimate of drug-likeness (QED) is 0.693. The normalized spacial score (nSPS) is 14.7. The Hall–Kier alpha value is -3.17. The van der Waals surface area contributed by atoms with Crippen LogP contribution in [0.5, 0.6) is 0 Å². The molecule has 8 nitrogen and oxygen atoms in total. The largest absolute Gasteiger partial charge is 0.445 e. The highest BCUT2D eigenvalue weighted by atomic mass is 32.2. The van der Waals surface area contributed by atoms with Crippen LogP contribution in [0.1, 0.15) is 11.1 Å². The summed E-state index contributed by atoms with van der Waals surface area (Å²) in [5, 5.41) is 2.57. The summed E-state index contributed by atoms with van der Waals surface area (Å²) >= 11 is 0. The molecule has 9 heteroatoms. The molecule has 1 heterocycles. The molecular formula is C22H25N3O5S. The van der Waals surface area contributed by atoms with E-state index in [9.17, 15) is 18.0 Å². The Labute approximate surface area is 182 Å². The molecule has 0 atom stereocenters. The molecule has 1 aliphatic heterocycles. The second-order valence-electron chi connectivity index (χ2n) is 7.15. The van der Waals surface area contributed by atoms with Crippen LogP contribution in [0, 0.1) is 6.92 Å². The molecular weight excluding hydrogens is 418 g/mol. The number of aryl methyl sites for hydroxylation is 1. The van der Waals surface area contributed by atoms with Gasteiger partial charge in [0.1, 0.15) is 6.61 Å². The molecule has 0 bridgehead atoms. The van der Waals surface area contributed by atoms with E-state index in [-0.39, 0.29) is 43.6 Å². The molecule has 2 aromatic rings. The molecule has 1 N–H and O–H groups in total. The minimum atomic E-state index is -3.70. The topological polar surface area (TPSA) is 96.0 Å². The van der Waals surface area contributed by atoms with Crippen LogP contribution in [0.25, 0.3) is 0 Å². The van der Waals surface area contributed by atoms with Crippen LogP contribution in [-0.4, -0.2) is 55.8 Å². The Morgan fingerprint density at radius 3 is 2.23 bits per heavy atom. The van der Waals surface area contributed by atoms with Crippen molar-refractivity contribution in [2.45, 2.75) is 18.4 Å². The number of nitrogens with one attached hydrogen (secondary N) is 1. The fourth-order valence-electron chi connectivity index (χ4n) is 3.08. The summed E-state index contributed by atoms with van der Waals surface area (Å²) in [5.41, 5.74) is 2.50.